The summed E-state index contributed by atoms with van der Waals surface area (Å²) in [6, 6.07) is 29.0. The zero-order valence-electron chi connectivity index (χ0n) is 18.4. The van der Waals surface area contributed by atoms with Gasteiger partial charge in [-0.2, -0.15) is 0 Å². The molecule has 8 rings (SSSR count). The molecule has 1 heteroatoms. The topological polar surface area (TPSA) is 12.9 Å². The van der Waals surface area contributed by atoms with Crippen molar-refractivity contribution < 1.29 is 0 Å². The minimum atomic E-state index is 0.573. The van der Waals surface area contributed by atoms with Gasteiger partial charge in [0.1, 0.15) is 0 Å². The Balaban J connectivity index is 1.50. The van der Waals surface area contributed by atoms with Gasteiger partial charge in [-0.15, -0.1) is 0 Å². The van der Waals surface area contributed by atoms with Gasteiger partial charge in [-0.1, -0.05) is 86.6 Å². The molecule has 0 spiro atoms. The van der Waals surface area contributed by atoms with Crippen LogP contribution in [0.5, 0.6) is 0 Å². The third-order valence-corrected chi connectivity index (χ3v) is 6.52. The minimum absolute atomic E-state index is 0.573. The van der Waals surface area contributed by atoms with E-state index in [2.05, 4.69) is 86.6 Å². The second-order valence-corrected chi connectivity index (χ2v) is 8.98. The van der Waals surface area contributed by atoms with Gasteiger partial charge in [0, 0.05) is 17.3 Å². The number of pyridine rings is 1. The van der Waals surface area contributed by atoms with Crippen molar-refractivity contribution in [1.29, 1.82) is 0 Å². The van der Waals surface area contributed by atoms with Crippen LogP contribution in [0, 0.1) is 0 Å². The van der Waals surface area contributed by atoms with E-state index in [1.807, 2.05) is 12.3 Å². The number of aryl methyl sites for hydroxylation is 4. The Morgan fingerprint density at radius 3 is 2.06 bits per heavy atom. The molecule has 1 nitrogen and oxygen atoms in total. The second-order valence-electron chi connectivity index (χ2n) is 8.98. The summed E-state index contributed by atoms with van der Waals surface area (Å²) in [5.74, 6) is 0.573. The number of hydrogen-bond donors (Lipinski definition) is 0. The fourth-order valence-electron chi connectivity index (χ4n) is 4.72. The molecule has 4 aromatic rings. The van der Waals surface area contributed by atoms with Gasteiger partial charge in [-0.3, -0.25) is 4.98 Å². The molecule has 0 aliphatic heterocycles. The molecule has 4 aliphatic carbocycles. The van der Waals surface area contributed by atoms with Gasteiger partial charge in [-0.05, 0) is 71.0 Å². The normalized spacial score (nSPS) is 13.3. The van der Waals surface area contributed by atoms with Crippen LogP contribution in [0.25, 0.3) is 22.4 Å². The summed E-state index contributed by atoms with van der Waals surface area (Å²) in [6.45, 7) is 4.62. The maximum atomic E-state index is 4.79. The standard InChI is InChI=1S/C30H29N/c1-21(2)28-18-22-8-12-24(28)13-9-23-11-15-25(14-10-22)29(19-23)27-16-17-30(31-20-27)26-6-4-3-5-7-26/h3-8,11-12,15-21H,9-10,13-14H2,1-2H3. The zero-order chi connectivity index (χ0) is 21.2. The number of hydrogen-bond acceptors (Lipinski definition) is 1. The van der Waals surface area contributed by atoms with E-state index >= 15 is 0 Å². The molecular weight excluding hydrogens is 374 g/mol. The molecule has 4 bridgehead atoms. The van der Waals surface area contributed by atoms with Crippen LogP contribution in [0.1, 0.15) is 47.6 Å². The van der Waals surface area contributed by atoms with Gasteiger partial charge in [0.2, 0.25) is 0 Å². The highest BCUT2D eigenvalue weighted by Gasteiger charge is 2.13. The van der Waals surface area contributed by atoms with Crippen LogP contribution in [0.15, 0.2) is 85.1 Å². The lowest BCUT2D eigenvalue weighted by molar-refractivity contribution is 0.819. The predicted octanol–water partition coefficient (Wildman–Crippen LogP) is 7.42. The lowest BCUT2D eigenvalue weighted by Gasteiger charge is -2.18. The Labute approximate surface area is 185 Å². The van der Waals surface area contributed by atoms with E-state index in [4.69, 9.17) is 4.98 Å². The van der Waals surface area contributed by atoms with E-state index in [1.165, 1.54) is 38.9 Å². The summed E-state index contributed by atoms with van der Waals surface area (Å²) >= 11 is 0. The largest absolute Gasteiger partial charge is 0.256 e. The van der Waals surface area contributed by atoms with E-state index in [-0.39, 0.29) is 0 Å². The Hall–Kier alpha value is -3.19. The third-order valence-electron chi connectivity index (χ3n) is 6.52. The Kier molecular flexibility index (Phi) is 5.42. The summed E-state index contributed by atoms with van der Waals surface area (Å²) in [7, 11) is 0. The van der Waals surface area contributed by atoms with Gasteiger partial charge < -0.3 is 0 Å². The lowest BCUT2D eigenvalue weighted by atomic mass is 9.87. The third kappa shape index (κ3) is 4.18. The molecule has 0 unspecified atom stereocenters. The molecule has 3 aromatic carbocycles. The smallest absolute Gasteiger partial charge is 0.0702 e. The van der Waals surface area contributed by atoms with E-state index < -0.39 is 0 Å². The first kappa shape index (κ1) is 19.8. The second kappa shape index (κ2) is 8.51. The quantitative estimate of drug-likeness (QED) is 0.347. The van der Waals surface area contributed by atoms with Crippen molar-refractivity contribution in [1.82, 2.24) is 4.98 Å². The molecule has 0 fully saturated rings. The summed E-state index contributed by atoms with van der Waals surface area (Å²) < 4.78 is 0. The van der Waals surface area contributed by atoms with Crippen LogP contribution in [0.3, 0.4) is 0 Å². The maximum Gasteiger partial charge on any atom is 0.0702 e. The highest BCUT2D eigenvalue weighted by atomic mass is 14.7. The van der Waals surface area contributed by atoms with Crippen LogP contribution in [0.2, 0.25) is 0 Å². The number of aromatic nitrogens is 1. The molecule has 1 heterocycles. The fraction of sp³-hybridized carbons (Fsp3) is 0.233. The van der Waals surface area contributed by atoms with Crippen LogP contribution >= 0.6 is 0 Å². The lowest BCUT2D eigenvalue weighted by Crippen LogP contribution is -2.04. The van der Waals surface area contributed by atoms with Crippen molar-refractivity contribution in [2.24, 2.45) is 0 Å². The number of benzene rings is 3. The first-order valence-electron chi connectivity index (χ1n) is 11.4. The van der Waals surface area contributed by atoms with E-state index in [9.17, 15) is 0 Å². The highest BCUT2D eigenvalue weighted by molar-refractivity contribution is 5.70. The average Bonchev–Trinajstić information content (AvgIpc) is 2.81. The monoisotopic (exact) mass is 403 g/mol. The Morgan fingerprint density at radius 1 is 0.645 bits per heavy atom. The van der Waals surface area contributed by atoms with Crippen molar-refractivity contribution in [2.75, 3.05) is 0 Å². The van der Waals surface area contributed by atoms with Gasteiger partial charge in [0.15, 0.2) is 0 Å². The van der Waals surface area contributed by atoms with Crippen LogP contribution in [-0.4, -0.2) is 4.98 Å². The molecule has 1 aromatic heterocycles. The Bertz CT molecular complexity index is 1190. The number of nitrogens with zero attached hydrogens (tertiary/aromatic N) is 1. The van der Waals surface area contributed by atoms with Gasteiger partial charge in [-0.25, -0.2) is 0 Å². The molecular formula is C30H29N. The molecule has 154 valence electrons. The van der Waals surface area contributed by atoms with Gasteiger partial charge in [0.25, 0.3) is 0 Å². The molecule has 0 radical (unpaired) electrons. The molecule has 0 N–H and O–H groups in total. The van der Waals surface area contributed by atoms with Crippen molar-refractivity contribution in [2.45, 2.75) is 45.4 Å². The van der Waals surface area contributed by atoms with Gasteiger partial charge >= 0.3 is 0 Å². The summed E-state index contributed by atoms with van der Waals surface area (Å²) in [4.78, 5) is 4.79. The van der Waals surface area contributed by atoms with Crippen molar-refractivity contribution in [3.8, 4) is 22.4 Å². The van der Waals surface area contributed by atoms with Crippen molar-refractivity contribution >= 4 is 0 Å². The number of rotatable bonds is 3. The first-order valence-corrected chi connectivity index (χ1v) is 11.4. The first-order chi connectivity index (χ1) is 15.2. The highest BCUT2D eigenvalue weighted by Crippen LogP contribution is 2.30. The zero-order valence-corrected chi connectivity index (χ0v) is 18.4. The molecule has 31 heavy (non-hydrogen) atoms. The summed E-state index contributed by atoms with van der Waals surface area (Å²) in [5.41, 5.74) is 12.0. The summed E-state index contributed by atoms with van der Waals surface area (Å²) in [5, 5.41) is 0. The molecule has 0 amide bonds. The average molecular weight is 404 g/mol. The molecule has 0 atom stereocenters. The molecule has 4 aliphatic rings. The maximum absolute atomic E-state index is 4.79. The summed E-state index contributed by atoms with van der Waals surface area (Å²) in [6.07, 6.45) is 6.33. The van der Waals surface area contributed by atoms with E-state index in [0.29, 0.717) is 5.92 Å². The fourth-order valence-corrected chi connectivity index (χ4v) is 4.72. The van der Waals surface area contributed by atoms with Crippen LogP contribution < -0.4 is 0 Å². The SMILES string of the molecule is CC(C)c1cc2ccc1CCc1ccc(c(-c3ccc(-c4ccccc4)nc3)c1)CC2. The molecule has 0 saturated carbocycles. The van der Waals surface area contributed by atoms with Gasteiger partial charge in [0.05, 0.1) is 5.69 Å². The van der Waals surface area contributed by atoms with Crippen molar-refractivity contribution in [3.05, 3.63) is 113 Å². The van der Waals surface area contributed by atoms with E-state index in [1.54, 1.807) is 0 Å². The predicted molar refractivity (Wildman–Crippen MR) is 130 cm³/mol. The Morgan fingerprint density at radius 2 is 1.35 bits per heavy atom. The minimum Gasteiger partial charge on any atom is -0.256 e. The molecule has 0 saturated heterocycles. The van der Waals surface area contributed by atoms with Crippen LogP contribution in [-0.2, 0) is 25.7 Å². The van der Waals surface area contributed by atoms with Crippen LogP contribution in [0.4, 0.5) is 0 Å². The van der Waals surface area contributed by atoms with Crippen molar-refractivity contribution in [3.63, 3.8) is 0 Å². The van der Waals surface area contributed by atoms with E-state index in [0.717, 1.165) is 36.9 Å².